The Morgan fingerprint density at radius 2 is 1.90 bits per heavy atom. The second kappa shape index (κ2) is 9.16. The van der Waals surface area contributed by atoms with Crippen molar-refractivity contribution in [1.29, 1.82) is 0 Å². The van der Waals surface area contributed by atoms with Gasteiger partial charge in [-0.05, 0) is 30.0 Å². The highest BCUT2D eigenvalue weighted by Gasteiger charge is 2.22. The summed E-state index contributed by atoms with van der Waals surface area (Å²) in [7, 11) is 0. The fourth-order valence-electron chi connectivity index (χ4n) is 3.20. The van der Waals surface area contributed by atoms with E-state index in [4.69, 9.17) is 4.74 Å². The van der Waals surface area contributed by atoms with Crippen molar-refractivity contribution in [2.75, 3.05) is 26.3 Å². The monoisotopic (exact) mass is 425 g/mol. The predicted octanol–water partition coefficient (Wildman–Crippen LogP) is 2.97. The Bertz CT molecular complexity index is 1050. The van der Waals surface area contributed by atoms with Gasteiger partial charge in [0, 0.05) is 30.4 Å². The molecule has 2 heterocycles. The predicted molar refractivity (Wildman–Crippen MR) is 110 cm³/mol. The molecule has 0 spiro atoms. The summed E-state index contributed by atoms with van der Waals surface area (Å²) < 4.78 is 7.33. The van der Waals surface area contributed by atoms with Gasteiger partial charge in [-0.25, -0.2) is 0 Å². The maximum atomic E-state index is 11.5. The first-order valence-corrected chi connectivity index (χ1v) is 10.2. The van der Waals surface area contributed by atoms with E-state index < -0.39 is 4.92 Å². The van der Waals surface area contributed by atoms with Crippen LogP contribution in [0.2, 0.25) is 0 Å². The number of aldehydes is 1. The summed E-state index contributed by atoms with van der Waals surface area (Å²) in [5.41, 5.74) is 0.992. The first kappa shape index (κ1) is 20.2. The molecule has 0 unspecified atom stereocenters. The molecule has 0 amide bonds. The molecule has 1 aliphatic rings. The van der Waals surface area contributed by atoms with Crippen LogP contribution in [-0.4, -0.2) is 57.2 Å². The zero-order chi connectivity index (χ0) is 20.9. The van der Waals surface area contributed by atoms with Crippen LogP contribution in [0.3, 0.4) is 0 Å². The number of nitro benzene ring substituents is 1. The minimum atomic E-state index is -0.493. The molecule has 9 nitrogen and oxygen atoms in total. The standard InChI is InChI=1S/C20H19N5O4S/c26-14-15-6-7-18(17(12-15)25(27)28)30-20-22-21-19(13-23-8-10-29-11-9-23)24(20)16-4-2-1-3-5-16/h1-7,12,14H,8-11,13H2. The number of para-hydroxylation sites is 1. The summed E-state index contributed by atoms with van der Waals surface area (Å²) in [5, 5.41) is 20.7. The lowest BCUT2D eigenvalue weighted by Crippen LogP contribution is -2.36. The van der Waals surface area contributed by atoms with Crippen LogP contribution in [0.25, 0.3) is 5.69 Å². The van der Waals surface area contributed by atoms with Crippen molar-refractivity contribution in [2.24, 2.45) is 0 Å². The van der Waals surface area contributed by atoms with E-state index in [0.29, 0.717) is 36.1 Å². The molecule has 4 rings (SSSR count). The van der Waals surface area contributed by atoms with Gasteiger partial charge in [0.25, 0.3) is 5.69 Å². The first-order chi connectivity index (χ1) is 14.7. The van der Waals surface area contributed by atoms with Gasteiger partial charge in [-0.1, -0.05) is 24.3 Å². The van der Waals surface area contributed by atoms with E-state index in [0.717, 1.165) is 36.4 Å². The third-order valence-corrected chi connectivity index (χ3v) is 5.71. The number of benzene rings is 2. The van der Waals surface area contributed by atoms with Crippen LogP contribution < -0.4 is 0 Å². The van der Waals surface area contributed by atoms with Gasteiger partial charge in [0.15, 0.2) is 5.82 Å². The zero-order valence-electron chi connectivity index (χ0n) is 16.0. The van der Waals surface area contributed by atoms with Crippen LogP contribution in [-0.2, 0) is 11.3 Å². The molecule has 0 saturated carbocycles. The number of hydrogen-bond donors (Lipinski definition) is 0. The quantitative estimate of drug-likeness (QED) is 0.323. The highest BCUT2D eigenvalue weighted by atomic mass is 32.2. The SMILES string of the molecule is O=Cc1ccc(Sc2nnc(CN3CCOCC3)n2-c2ccccc2)c([N+](=O)[O-])c1. The number of ether oxygens (including phenoxy) is 1. The molecule has 1 saturated heterocycles. The second-order valence-corrected chi connectivity index (χ2v) is 7.67. The fraction of sp³-hybridized carbons (Fsp3) is 0.250. The van der Waals surface area contributed by atoms with Gasteiger partial charge in [0.1, 0.15) is 6.29 Å². The van der Waals surface area contributed by atoms with E-state index >= 15 is 0 Å². The van der Waals surface area contributed by atoms with Crippen molar-refractivity contribution < 1.29 is 14.5 Å². The summed E-state index contributed by atoms with van der Waals surface area (Å²) in [4.78, 5) is 24.7. The second-order valence-electron chi connectivity index (χ2n) is 6.66. The average Bonchev–Trinajstić information content (AvgIpc) is 3.17. The molecule has 30 heavy (non-hydrogen) atoms. The van der Waals surface area contributed by atoms with Crippen LogP contribution in [0, 0.1) is 10.1 Å². The molecular formula is C20H19N5O4S. The number of nitro groups is 1. The van der Waals surface area contributed by atoms with Crippen LogP contribution in [0.4, 0.5) is 5.69 Å². The summed E-state index contributed by atoms with van der Waals surface area (Å²) in [6.07, 6.45) is 0.592. The number of carbonyl (C=O) groups is 1. The van der Waals surface area contributed by atoms with Gasteiger partial charge >= 0.3 is 0 Å². The van der Waals surface area contributed by atoms with Gasteiger partial charge < -0.3 is 4.74 Å². The van der Waals surface area contributed by atoms with E-state index in [-0.39, 0.29) is 11.3 Å². The fourth-order valence-corrected chi connectivity index (χ4v) is 4.15. The third-order valence-electron chi connectivity index (χ3n) is 4.70. The Kier molecular flexibility index (Phi) is 6.17. The van der Waals surface area contributed by atoms with Crippen LogP contribution >= 0.6 is 11.8 Å². The topological polar surface area (TPSA) is 103 Å². The molecular weight excluding hydrogens is 406 g/mol. The van der Waals surface area contributed by atoms with Gasteiger partial charge in [0.05, 0.1) is 29.6 Å². The summed E-state index contributed by atoms with van der Waals surface area (Å²) in [5.74, 6) is 0.748. The lowest BCUT2D eigenvalue weighted by molar-refractivity contribution is -0.387. The van der Waals surface area contributed by atoms with Gasteiger partial charge in [-0.3, -0.25) is 24.4 Å². The summed E-state index contributed by atoms with van der Waals surface area (Å²) >= 11 is 1.15. The number of carbonyl (C=O) groups excluding carboxylic acids is 1. The third kappa shape index (κ3) is 4.40. The summed E-state index contributed by atoms with van der Waals surface area (Å²) in [6.45, 7) is 3.57. The largest absolute Gasteiger partial charge is 0.379 e. The van der Waals surface area contributed by atoms with E-state index in [9.17, 15) is 14.9 Å². The average molecular weight is 425 g/mol. The molecule has 0 bridgehead atoms. The van der Waals surface area contributed by atoms with Crippen molar-refractivity contribution in [3.05, 3.63) is 70.0 Å². The Morgan fingerprint density at radius 1 is 1.13 bits per heavy atom. The van der Waals surface area contributed by atoms with Gasteiger partial charge in [-0.2, -0.15) is 0 Å². The molecule has 1 aliphatic heterocycles. The van der Waals surface area contributed by atoms with E-state index in [1.165, 1.54) is 6.07 Å². The lowest BCUT2D eigenvalue weighted by atomic mass is 10.2. The highest BCUT2D eigenvalue weighted by molar-refractivity contribution is 7.99. The minimum Gasteiger partial charge on any atom is -0.379 e. The molecule has 2 aromatic carbocycles. The Balaban J connectivity index is 1.71. The molecule has 0 aliphatic carbocycles. The molecule has 1 aromatic heterocycles. The Morgan fingerprint density at radius 3 is 2.60 bits per heavy atom. The van der Waals surface area contributed by atoms with Crippen molar-refractivity contribution in [2.45, 2.75) is 16.6 Å². The Labute approximate surface area is 176 Å². The highest BCUT2D eigenvalue weighted by Crippen LogP contribution is 2.35. The van der Waals surface area contributed by atoms with Crippen molar-refractivity contribution in [3.63, 3.8) is 0 Å². The van der Waals surface area contributed by atoms with Crippen molar-refractivity contribution in [1.82, 2.24) is 19.7 Å². The van der Waals surface area contributed by atoms with Crippen LogP contribution in [0.1, 0.15) is 16.2 Å². The molecule has 0 N–H and O–H groups in total. The lowest BCUT2D eigenvalue weighted by Gasteiger charge is -2.26. The molecule has 3 aromatic rings. The molecule has 1 fully saturated rings. The molecule has 0 atom stereocenters. The van der Waals surface area contributed by atoms with E-state index in [1.54, 1.807) is 12.1 Å². The smallest absolute Gasteiger partial charge is 0.284 e. The number of nitrogens with zero attached hydrogens (tertiary/aromatic N) is 5. The minimum absolute atomic E-state index is 0.137. The number of aromatic nitrogens is 3. The molecule has 10 heteroatoms. The van der Waals surface area contributed by atoms with Crippen LogP contribution in [0.5, 0.6) is 0 Å². The maximum Gasteiger partial charge on any atom is 0.284 e. The number of hydrogen-bond acceptors (Lipinski definition) is 8. The molecule has 0 radical (unpaired) electrons. The van der Waals surface area contributed by atoms with Crippen molar-refractivity contribution in [3.8, 4) is 5.69 Å². The van der Waals surface area contributed by atoms with Gasteiger partial charge in [0.2, 0.25) is 5.16 Å². The normalized spacial score (nSPS) is 14.5. The Hall–Kier alpha value is -3.08. The first-order valence-electron chi connectivity index (χ1n) is 9.37. The van der Waals surface area contributed by atoms with E-state index in [2.05, 4.69) is 15.1 Å². The van der Waals surface area contributed by atoms with E-state index in [1.807, 2.05) is 34.9 Å². The number of rotatable bonds is 7. The molecule has 154 valence electrons. The summed E-state index contributed by atoms with van der Waals surface area (Å²) in [6, 6.07) is 14.0. The van der Waals surface area contributed by atoms with Crippen LogP contribution in [0.15, 0.2) is 58.6 Å². The maximum absolute atomic E-state index is 11.5. The number of morpholine rings is 1. The zero-order valence-corrected chi connectivity index (χ0v) is 16.8. The van der Waals surface area contributed by atoms with Crippen molar-refractivity contribution >= 4 is 23.7 Å². The van der Waals surface area contributed by atoms with Gasteiger partial charge in [-0.15, -0.1) is 10.2 Å².